The Morgan fingerprint density at radius 2 is 1.20 bits per heavy atom. The molecule has 3 rings (SSSR count). The Morgan fingerprint density at radius 3 is 1.56 bits per heavy atom. The third-order valence-electron chi connectivity index (χ3n) is 2.99. The van der Waals surface area contributed by atoms with Gasteiger partial charge < -0.3 is 9.47 Å². The van der Waals surface area contributed by atoms with Crippen LogP contribution in [0.5, 0.6) is 23.3 Å². The summed E-state index contributed by atoms with van der Waals surface area (Å²) >= 11 is 11.6. The van der Waals surface area contributed by atoms with E-state index in [-0.39, 0.29) is 11.8 Å². The highest BCUT2D eigenvalue weighted by atomic mass is 35.5. The van der Waals surface area contributed by atoms with Gasteiger partial charge in [-0.15, -0.1) is 0 Å². The summed E-state index contributed by atoms with van der Waals surface area (Å²) in [7, 11) is 0. The average Bonchev–Trinajstić information content (AvgIpc) is 2.59. The van der Waals surface area contributed by atoms with Gasteiger partial charge in [0.05, 0.1) is 4.92 Å². The predicted octanol–water partition coefficient (Wildman–Crippen LogP) is 5.28. The number of ether oxygens (including phenoxy) is 2. The van der Waals surface area contributed by atoms with Crippen molar-refractivity contribution in [3.05, 3.63) is 75.0 Å². The molecule has 7 nitrogen and oxygen atoms in total. The van der Waals surface area contributed by atoms with Gasteiger partial charge in [-0.25, -0.2) is 0 Å². The molecule has 0 spiro atoms. The first-order valence-corrected chi connectivity index (χ1v) is 7.65. The fourth-order valence-electron chi connectivity index (χ4n) is 1.88. The molecule has 0 saturated heterocycles. The maximum atomic E-state index is 11.5. The summed E-state index contributed by atoms with van der Waals surface area (Å²) in [5.41, 5.74) is -0.493. The predicted molar refractivity (Wildman–Crippen MR) is 91.7 cm³/mol. The molecular formula is C16H9Cl2N3O4. The lowest BCUT2D eigenvalue weighted by atomic mass is 10.3. The number of rotatable bonds is 5. The lowest BCUT2D eigenvalue weighted by molar-refractivity contribution is -0.387. The number of benzene rings is 2. The van der Waals surface area contributed by atoms with Gasteiger partial charge in [0, 0.05) is 10.0 Å². The highest BCUT2D eigenvalue weighted by molar-refractivity contribution is 6.30. The molecule has 0 aliphatic carbocycles. The molecule has 0 atom stereocenters. The summed E-state index contributed by atoms with van der Waals surface area (Å²) in [6.45, 7) is 0. The standard InChI is InChI=1S/C16H9Cl2N3O4/c17-10-1-5-12(6-2-10)24-15-14(21(22)23)16(20-9-19-15)25-13-7-3-11(18)4-8-13/h1-9H. The van der Waals surface area contributed by atoms with Crippen LogP contribution < -0.4 is 9.47 Å². The van der Waals surface area contributed by atoms with Gasteiger partial charge >= 0.3 is 17.4 Å². The summed E-state index contributed by atoms with van der Waals surface area (Å²) in [5, 5.41) is 12.5. The highest BCUT2D eigenvalue weighted by Gasteiger charge is 2.27. The van der Waals surface area contributed by atoms with Crippen LogP contribution in [0.4, 0.5) is 5.69 Å². The Hall–Kier alpha value is -2.90. The lowest BCUT2D eigenvalue weighted by Gasteiger charge is -2.08. The van der Waals surface area contributed by atoms with Crippen LogP contribution in [0.2, 0.25) is 10.0 Å². The molecule has 0 aliphatic heterocycles. The second kappa shape index (κ2) is 7.33. The van der Waals surface area contributed by atoms with Crippen LogP contribution in [-0.4, -0.2) is 14.9 Å². The zero-order chi connectivity index (χ0) is 17.8. The van der Waals surface area contributed by atoms with Crippen LogP contribution in [0.15, 0.2) is 54.9 Å². The quantitative estimate of drug-likeness (QED) is 0.444. The van der Waals surface area contributed by atoms with E-state index >= 15 is 0 Å². The molecule has 0 radical (unpaired) electrons. The molecule has 2 aromatic carbocycles. The zero-order valence-corrected chi connectivity index (χ0v) is 13.9. The van der Waals surface area contributed by atoms with Crippen molar-refractivity contribution in [2.75, 3.05) is 0 Å². The third kappa shape index (κ3) is 4.14. The van der Waals surface area contributed by atoms with Crippen LogP contribution >= 0.6 is 23.2 Å². The van der Waals surface area contributed by atoms with Gasteiger partial charge in [-0.1, -0.05) is 23.2 Å². The summed E-state index contributed by atoms with van der Waals surface area (Å²) in [4.78, 5) is 18.4. The van der Waals surface area contributed by atoms with E-state index < -0.39 is 10.6 Å². The van der Waals surface area contributed by atoms with Gasteiger partial charge in [-0.05, 0) is 48.5 Å². The van der Waals surface area contributed by atoms with E-state index in [1.54, 1.807) is 48.5 Å². The number of halogens is 2. The number of nitro groups is 1. The summed E-state index contributed by atoms with van der Waals surface area (Å²) in [5.74, 6) is 0.185. The molecule has 0 bridgehead atoms. The van der Waals surface area contributed by atoms with Crippen molar-refractivity contribution in [1.29, 1.82) is 0 Å². The normalized spacial score (nSPS) is 10.3. The molecule has 0 amide bonds. The van der Waals surface area contributed by atoms with Crippen LogP contribution in [0.1, 0.15) is 0 Å². The van der Waals surface area contributed by atoms with Crippen molar-refractivity contribution < 1.29 is 14.4 Å². The molecule has 1 heterocycles. The van der Waals surface area contributed by atoms with E-state index in [1.807, 2.05) is 0 Å². The molecule has 126 valence electrons. The van der Waals surface area contributed by atoms with Crippen LogP contribution in [0, 0.1) is 10.1 Å². The molecule has 9 heteroatoms. The molecule has 3 aromatic rings. The zero-order valence-electron chi connectivity index (χ0n) is 12.4. The second-order valence-electron chi connectivity index (χ2n) is 4.70. The second-order valence-corrected chi connectivity index (χ2v) is 5.57. The fraction of sp³-hybridized carbons (Fsp3) is 0. The number of hydrogen-bond acceptors (Lipinski definition) is 6. The molecule has 0 saturated carbocycles. The third-order valence-corrected chi connectivity index (χ3v) is 3.50. The first-order chi connectivity index (χ1) is 12.0. The van der Waals surface area contributed by atoms with E-state index in [0.29, 0.717) is 21.5 Å². The van der Waals surface area contributed by atoms with Crippen molar-refractivity contribution in [2.45, 2.75) is 0 Å². The topological polar surface area (TPSA) is 87.4 Å². The first kappa shape index (κ1) is 16.9. The van der Waals surface area contributed by atoms with Gasteiger partial charge in [-0.2, -0.15) is 9.97 Å². The average molecular weight is 378 g/mol. The molecule has 0 unspecified atom stereocenters. The van der Waals surface area contributed by atoms with Gasteiger partial charge in [0.1, 0.15) is 17.8 Å². The molecule has 0 fully saturated rings. The van der Waals surface area contributed by atoms with E-state index in [2.05, 4.69) is 9.97 Å². The Bertz CT molecular complexity index is 837. The van der Waals surface area contributed by atoms with Crippen LogP contribution in [0.25, 0.3) is 0 Å². The Balaban J connectivity index is 1.94. The summed E-state index contributed by atoms with van der Waals surface area (Å²) in [6, 6.07) is 12.6. The van der Waals surface area contributed by atoms with E-state index in [0.717, 1.165) is 6.33 Å². The fourth-order valence-corrected chi connectivity index (χ4v) is 2.13. The van der Waals surface area contributed by atoms with Gasteiger partial charge in [0.15, 0.2) is 0 Å². The first-order valence-electron chi connectivity index (χ1n) is 6.89. The van der Waals surface area contributed by atoms with Crippen molar-refractivity contribution in [3.8, 4) is 23.3 Å². The highest BCUT2D eigenvalue weighted by Crippen LogP contribution is 2.37. The minimum atomic E-state index is -0.670. The minimum Gasteiger partial charge on any atom is -0.433 e. The van der Waals surface area contributed by atoms with E-state index in [4.69, 9.17) is 32.7 Å². The van der Waals surface area contributed by atoms with Gasteiger partial charge in [0.25, 0.3) is 0 Å². The minimum absolute atomic E-state index is 0.244. The molecule has 0 N–H and O–H groups in total. The van der Waals surface area contributed by atoms with Crippen molar-refractivity contribution in [1.82, 2.24) is 9.97 Å². The SMILES string of the molecule is O=[N+]([O-])c1c(Oc2ccc(Cl)cc2)ncnc1Oc1ccc(Cl)cc1. The Labute approximate surface area is 151 Å². The molecule has 25 heavy (non-hydrogen) atoms. The van der Waals surface area contributed by atoms with Crippen molar-refractivity contribution in [2.24, 2.45) is 0 Å². The number of hydrogen-bond donors (Lipinski definition) is 0. The van der Waals surface area contributed by atoms with Crippen LogP contribution in [0.3, 0.4) is 0 Å². The number of nitrogens with zero attached hydrogens (tertiary/aromatic N) is 3. The van der Waals surface area contributed by atoms with Crippen molar-refractivity contribution in [3.63, 3.8) is 0 Å². The smallest absolute Gasteiger partial charge is 0.393 e. The molecular weight excluding hydrogens is 369 g/mol. The lowest BCUT2D eigenvalue weighted by Crippen LogP contribution is -2.01. The Kier molecular flexibility index (Phi) is 4.97. The molecule has 1 aromatic heterocycles. The van der Waals surface area contributed by atoms with E-state index in [1.165, 1.54) is 0 Å². The maximum Gasteiger partial charge on any atom is 0.393 e. The summed E-state index contributed by atoms with van der Waals surface area (Å²) < 4.78 is 10.9. The van der Waals surface area contributed by atoms with Crippen LogP contribution in [-0.2, 0) is 0 Å². The van der Waals surface area contributed by atoms with Crippen molar-refractivity contribution >= 4 is 28.9 Å². The van der Waals surface area contributed by atoms with Gasteiger partial charge in [0.2, 0.25) is 0 Å². The Morgan fingerprint density at radius 1 is 0.800 bits per heavy atom. The summed E-state index contributed by atoms with van der Waals surface area (Å²) in [6.07, 6.45) is 1.11. The van der Waals surface area contributed by atoms with E-state index in [9.17, 15) is 10.1 Å². The maximum absolute atomic E-state index is 11.5. The molecule has 0 aliphatic rings. The van der Waals surface area contributed by atoms with Gasteiger partial charge in [-0.3, -0.25) is 10.1 Å². The monoisotopic (exact) mass is 377 g/mol. The largest absolute Gasteiger partial charge is 0.433 e. The number of aromatic nitrogens is 2.